The van der Waals surface area contributed by atoms with E-state index in [9.17, 15) is 9.18 Å². The second-order valence-corrected chi connectivity index (χ2v) is 5.70. The van der Waals surface area contributed by atoms with Crippen molar-refractivity contribution in [3.05, 3.63) is 28.0 Å². The van der Waals surface area contributed by atoms with Crippen molar-refractivity contribution in [3.8, 4) is 0 Å². The maximum absolute atomic E-state index is 13.1. The Labute approximate surface area is 121 Å². The highest BCUT2D eigenvalue weighted by Gasteiger charge is 2.40. The molecule has 0 saturated heterocycles. The highest BCUT2D eigenvalue weighted by atomic mass is 35.5. The summed E-state index contributed by atoms with van der Waals surface area (Å²) in [7, 11) is 0. The summed E-state index contributed by atoms with van der Waals surface area (Å²) >= 11 is 11.8. The highest BCUT2D eigenvalue weighted by molar-refractivity contribution is 6.39. The molecule has 19 heavy (non-hydrogen) atoms. The van der Waals surface area contributed by atoms with E-state index in [1.54, 1.807) is 0 Å². The number of halogens is 3. The molecule has 0 spiro atoms. The topological polar surface area (TPSA) is 55.1 Å². The number of hydrogen-bond acceptors (Lipinski definition) is 2. The van der Waals surface area contributed by atoms with Gasteiger partial charge in [-0.25, -0.2) is 4.39 Å². The van der Waals surface area contributed by atoms with Crippen molar-refractivity contribution in [2.75, 3.05) is 11.9 Å². The van der Waals surface area contributed by atoms with Gasteiger partial charge in [0.05, 0.1) is 21.1 Å². The molecular weight excluding hydrogens is 290 g/mol. The molecule has 0 radical (unpaired) electrons. The lowest BCUT2D eigenvalue weighted by atomic mass is 9.85. The third-order valence-electron chi connectivity index (χ3n) is 3.68. The Kier molecular flexibility index (Phi) is 4.33. The second-order valence-electron chi connectivity index (χ2n) is 4.89. The van der Waals surface area contributed by atoms with Crippen molar-refractivity contribution in [1.29, 1.82) is 0 Å². The monoisotopic (exact) mass is 304 g/mol. The fraction of sp³-hybridized carbons (Fsp3) is 0.462. The Balaban J connectivity index is 2.24. The summed E-state index contributed by atoms with van der Waals surface area (Å²) < 4.78 is 13.1. The van der Waals surface area contributed by atoms with E-state index in [0.29, 0.717) is 0 Å². The number of carbonyl (C=O) groups excluding carboxylic acids is 1. The van der Waals surface area contributed by atoms with E-state index < -0.39 is 11.2 Å². The van der Waals surface area contributed by atoms with Gasteiger partial charge >= 0.3 is 0 Å². The van der Waals surface area contributed by atoms with Crippen LogP contribution in [0.3, 0.4) is 0 Å². The van der Waals surface area contributed by atoms with Gasteiger partial charge in [-0.05, 0) is 25.0 Å². The van der Waals surface area contributed by atoms with Gasteiger partial charge in [0, 0.05) is 6.54 Å². The predicted molar refractivity (Wildman–Crippen MR) is 75.0 cm³/mol. The minimum absolute atomic E-state index is 0.0866. The number of anilines is 1. The molecule has 1 aliphatic carbocycles. The fourth-order valence-electron chi connectivity index (χ4n) is 2.48. The fourth-order valence-corrected chi connectivity index (χ4v) is 3.04. The van der Waals surface area contributed by atoms with E-state index in [1.165, 1.54) is 0 Å². The lowest BCUT2D eigenvalue weighted by molar-refractivity contribution is -0.124. The van der Waals surface area contributed by atoms with Gasteiger partial charge in [-0.1, -0.05) is 36.0 Å². The lowest BCUT2D eigenvalue weighted by Gasteiger charge is -2.26. The molecule has 3 nitrogen and oxygen atoms in total. The quantitative estimate of drug-likeness (QED) is 0.896. The number of nitrogens with one attached hydrogen (secondary N) is 1. The molecule has 0 atom stereocenters. The van der Waals surface area contributed by atoms with E-state index in [-0.39, 0.29) is 28.2 Å². The minimum Gasteiger partial charge on any atom is -0.329 e. The molecular formula is C13H15Cl2FN2O. The summed E-state index contributed by atoms with van der Waals surface area (Å²) in [6, 6.07) is 2.24. The molecule has 1 amide bonds. The first-order valence-corrected chi connectivity index (χ1v) is 6.90. The molecule has 0 aromatic heterocycles. The van der Waals surface area contributed by atoms with Crippen LogP contribution >= 0.6 is 23.2 Å². The average Bonchev–Trinajstić information content (AvgIpc) is 2.83. The molecule has 6 heteroatoms. The van der Waals surface area contributed by atoms with Crippen molar-refractivity contribution in [2.45, 2.75) is 25.7 Å². The summed E-state index contributed by atoms with van der Waals surface area (Å²) in [6.45, 7) is 0.287. The van der Waals surface area contributed by atoms with Crippen molar-refractivity contribution in [1.82, 2.24) is 0 Å². The Bertz CT molecular complexity index is 478. The van der Waals surface area contributed by atoms with E-state index in [1.807, 2.05) is 0 Å². The molecule has 1 aliphatic rings. The van der Waals surface area contributed by atoms with Crippen LogP contribution in [0.15, 0.2) is 12.1 Å². The zero-order valence-electron chi connectivity index (χ0n) is 10.3. The number of nitrogens with two attached hydrogens (primary N) is 1. The molecule has 0 aliphatic heterocycles. The van der Waals surface area contributed by atoms with Crippen LogP contribution in [0.4, 0.5) is 10.1 Å². The number of carbonyl (C=O) groups is 1. The maximum atomic E-state index is 13.1. The number of benzene rings is 1. The zero-order valence-corrected chi connectivity index (χ0v) is 11.8. The molecule has 0 unspecified atom stereocenters. The summed E-state index contributed by atoms with van der Waals surface area (Å²) in [5, 5.41) is 2.86. The Morgan fingerprint density at radius 1 is 1.32 bits per heavy atom. The van der Waals surface area contributed by atoms with E-state index in [2.05, 4.69) is 5.32 Å². The summed E-state index contributed by atoms with van der Waals surface area (Å²) in [5.41, 5.74) is 5.43. The molecule has 0 bridgehead atoms. The first-order valence-electron chi connectivity index (χ1n) is 6.14. The Morgan fingerprint density at radius 3 is 2.32 bits per heavy atom. The van der Waals surface area contributed by atoms with Crippen molar-refractivity contribution >= 4 is 34.8 Å². The van der Waals surface area contributed by atoms with Crippen LogP contribution in [0.2, 0.25) is 10.0 Å². The maximum Gasteiger partial charge on any atom is 0.231 e. The smallest absolute Gasteiger partial charge is 0.231 e. The lowest BCUT2D eigenvalue weighted by Crippen LogP contribution is -2.40. The standard InChI is InChI=1S/C13H15Cl2FN2O/c14-9-5-8(16)6-10(15)11(9)18-12(19)13(7-17)3-1-2-4-13/h5-6H,1-4,7,17H2,(H,18,19). The molecule has 1 aromatic rings. The van der Waals surface area contributed by atoms with Gasteiger partial charge in [0.15, 0.2) is 0 Å². The molecule has 3 N–H and O–H groups in total. The van der Waals surface area contributed by atoms with Gasteiger partial charge in [-0.2, -0.15) is 0 Å². The third-order valence-corrected chi connectivity index (χ3v) is 4.27. The SMILES string of the molecule is NCC1(C(=O)Nc2c(Cl)cc(F)cc2Cl)CCCC1. The summed E-state index contributed by atoms with van der Waals surface area (Å²) in [4.78, 5) is 12.4. The van der Waals surface area contributed by atoms with Crippen molar-refractivity contribution in [2.24, 2.45) is 11.1 Å². The first kappa shape index (κ1) is 14.6. The van der Waals surface area contributed by atoms with Gasteiger partial charge in [-0.15, -0.1) is 0 Å². The largest absolute Gasteiger partial charge is 0.329 e. The van der Waals surface area contributed by atoms with Crippen LogP contribution < -0.4 is 11.1 Å². The Hall–Kier alpha value is -0.840. The van der Waals surface area contributed by atoms with Crippen LogP contribution in [-0.2, 0) is 4.79 Å². The van der Waals surface area contributed by atoms with E-state index >= 15 is 0 Å². The van der Waals surface area contributed by atoms with Crippen LogP contribution in [0.1, 0.15) is 25.7 Å². The first-order chi connectivity index (χ1) is 8.98. The number of hydrogen-bond donors (Lipinski definition) is 2. The van der Waals surface area contributed by atoms with Crippen LogP contribution in [-0.4, -0.2) is 12.5 Å². The third kappa shape index (κ3) is 2.86. The van der Waals surface area contributed by atoms with Gasteiger partial charge in [-0.3, -0.25) is 4.79 Å². The molecule has 1 fully saturated rings. The van der Waals surface area contributed by atoms with Crippen LogP contribution in [0.25, 0.3) is 0 Å². The highest BCUT2D eigenvalue weighted by Crippen LogP contribution is 2.40. The second kappa shape index (κ2) is 5.65. The van der Waals surface area contributed by atoms with Crippen molar-refractivity contribution < 1.29 is 9.18 Å². The zero-order chi connectivity index (χ0) is 14.0. The van der Waals surface area contributed by atoms with Gasteiger partial charge < -0.3 is 11.1 Å². The average molecular weight is 305 g/mol. The molecule has 104 valence electrons. The number of amides is 1. The summed E-state index contributed by atoms with van der Waals surface area (Å²) in [6.07, 6.45) is 3.47. The number of rotatable bonds is 3. The Morgan fingerprint density at radius 2 is 1.84 bits per heavy atom. The van der Waals surface area contributed by atoms with E-state index in [4.69, 9.17) is 28.9 Å². The van der Waals surface area contributed by atoms with Gasteiger partial charge in [0.2, 0.25) is 5.91 Å². The summed E-state index contributed by atoms with van der Waals surface area (Å²) in [5.74, 6) is -0.731. The normalized spacial score (nSPS) is 17.5. The molecule has 1 aromatic carbocycles. The van der Waals surface area contributed by atoms with Gasteiger partial charge in [0.1, 0.15) is 5.82 Å². The van der Waals surface area contributed by atoms with Crippen LogP contribution in [0, 0.1) is 11.2 Å². The minimum atomic E-state index is -0.555. The van der Waals surface area contributed by atoms with Crippen LogP contribution in [0.5, 0.6) is 0 Å². The molecule has 1 saturated carbocycles. The molecule has 2 rings (SSSR count). The predicted octanol–water partition coefficient (Wildman–Crippen LogP) is 3.59. The van der Waals surface area contributed by atoms with E-state index in [0.717, 1.165) is 37.8 Å². The van der Waals surface area contributed by atoms with Crippen molar-refractivity contribution in [3.63, 3.8) is 0 Å². The molecule has 0 heterocycles. The van der Waals surface area contributed by atoms with Gasteiger partial charge in [0.25, 0.3) is 0 Å².